The summed E-state index contributed by atoms with van der Waals surface area (Å²) in [6.45, 7) is 0.417. The molecular weight excluding hydrogens is 300 g/mol. The van der Waals surface area contributed by atoms with E-state index in [4.69, 9.17) is 5.11 Å². The van der Waals surface area contributed by atoms with Crippen molar-refractivity contribution in [3.05, 3.63) is 0 Å². The van der Waals surface area contributed by atoms with Crippen molar-refractivity contribution in [1.29, 1.82) is 0 Å². The summed E-state index contributed by atoms with van der Waals surface area (Å²) in [7, 11) is 0. The maximum absolute atomic E-state index is 12.4. The van der Waals surface area contributed by atoms with Gasteiger partial charge in [-0.05, 0) is 25.7 Å². The topological polar surface area (TPSA) is 95.0 Å². The SMILES string of the molecule is O=C(O)C1CCCN(C(=O)CN2C(=O)C3CCCCC3C2=O)C1. The number of carbonyl (C=O) groups excluding carboxylic acids is 3. The standard InChI is InChI=1S/C16H22N2O5/c19-13(17-7-3-4-10(8-17)16(22)23)9-18-14(20)11-5-1-2-6-12(11)15(18)21/h10-12H,1-9H2,(H,22,23). The zero-order valence-corrected chi connectivity index (χ0v) is 13.1. The molecule has 0 aromatic heterocycles. The molecule has 0 bridgehead atoms. The molecule has 1 saturated carbocycles. The van der Waals surface area contributed by atoms with E-state index in [1.54, 1.807) is 0 Å². The Labute approximate surface area is 134 Å². The first-order valence-electron chi connectivity index (χ1n) is 8.35. The van der Waals surface area contributed by atoms with Crippen LogP contribution in [-0.4, -0.2) is 58.2 Å². The van der Waals surface area contributed by atoms with Crippen LogP contribution in [-0.2, 0) is 19.2 Å². The van der Waals surface area contributed by atoms with E-state index in [1.807, 2.05) is 0 Å². The second-order valence-electron chi connectivity index (χ2n) is 6.78. The van der Waals surface area contributed by atoms with Crippen LogP contribution >= 0.6 is 0 Å². The second kappa shape index (κ2) is 6.29. The number of hydrogen-bond acceptors (Lipinski definition) is 4. The Balaban J connectivity index is 1.64. The molecule has 3 rings (SSSR count). The van der Waals surface area contributed by atoms with E-state index in [1.165, 1.54) is 4.90 Å². The van der Waals surface area contributed by atoms with Crippen molar-refractivity contribution in [2.75, 3.05) is 19.6 Å². The fourth-order valence-electron chi connectivity index (χ4n) is 4.03. The molecule has 3 amide bonds. The third-order valence-electron chi connectivity index (χ3n) is 5.35. The van der Waals surface area contributed by atoms with Gasteiger partial charge in [-0.25, -0.2) is 0 Å². The largest absolute Gasteiger partial charge is 0.481 e. The lowest BCUT2D eigenvalue weighted by atomic mass is 9.81. The highest BCUT2D eigenvalue weighted by atomic mass is 16.4. The molecule has 0 aromatic rings. The smallest absolute Gasteiger partial charge is 0.308 e. The van der Waals surface area contributed by atoms with Crippen LogP contribution in [0, 0.1) is 17.8 Å². The van der Waals surface area contributed by atoms with Gasteiger partial charge in [-0.2, -0.15) is 0 Å². The Kier molecular flexibility index (Phi) is 4.37. The molecular formula is C16H22N2O5. The minimum Gasteiger partial charge on any atom is -0.481 e. The lowest BCUT2D eigenvalue weighted by molar-refractivity contribution is -0.150. The number of fused-ring (bicyclic) bond motifs is 1. The minimum atomic E-state index is -0.901. The Morgan fingerprint density at radius 2 is 1.61 bits per heavy atom. The van der Waals surface area contributed by atoms with Crippen LogP contribution in [0.2, 0.25) is 0 Å². The van der Waals surface area contributed by atoms with Crippen LogP contribution in [0.25, 0.3) is 0 Å². The first-order chi connectivity index (χ1) is 11.0. The van der Waals surface area contributed by atoms with Crippen molar-refractivity contribution < 1.29 is 24.3 Å². The van der Waals surface area contributed by atoms with Gasteiger partial charge in [0.05, 0.1) is 17.8 Å². The highest BCUT2D eigenvalue weighted by Crippen LogP contribution is 2.37. The Bertz CT molecular complexity index is 523. The summed E-state index contributed by atoms with van der Waals surface area (Å²) in [5.41, 5.74) is 0. The highest BCUT2D eigenvalue weighted by molar-refractivity contribution is 6.07. The summed E-state index contributed by atoms with van der Waals surface area (Å²) in [6.07, 6.45) is 4.55. The van der Waals surface area contributed by atoms with Gasteiger partial charge in [-0.3, -0.25) is 24.1 Å². The van der Waals surface area contributed by atoms with Crippen molar-refractivity contribution in [2.24, 2.45) is 17.8 Å². The average molecular weight is 322 g/mol. The van der Waals surface area contributed by atoms with Gasteiger partial charge in [0.1, 0.15) is 6.54 Å². The molecule has 0 spiro atoms. The molecule has 23 heavy (non-hydrogen) atoms. The van der Waals surface area contributed by atoms with Crippen LogP contribution in [0.4, 0.5) is 0 Å². The number of carboxylic acids is 1. The fourth-order valence-corrected chi connectivity index (χ4v) is 4.03. The first kappa shape index (κ1) is 16.0. The zero-order chi connectivity index (χ0) is 16.6. The molecule has 3 atom stereocenters. The molecule has 3 aliphatic rings. The van der Waals surface area contributed by atoms with Crippen molar-refractivity contribution in [2.45, 2.75) is 38.5 Å². The molecule has 0 aromatic carbocycles. The number of imide groups is 1. The van der Waals surface area contributed by atoms with Crippen molar-refractivity contribution >= 4 is 23.7 Å². The first-order valence-corrected chi connectivity index (χ1v) is 8.35. The predicted octanol–water partition coefficient (Wildman–Crippen LogP) is 0.485. The molecule has 1 aliphatic carbocycles. The number of carboxylic acid groups (broad SMARTS) is 1. The van der Waals surface area contributed by atoms with E-state index in [0.29, 0.717) is 19.4 Å². The quantitative estimate of drug-likeness (QED) is 0.763. The molecule has 1 N–H and O–H groups in total. The predicted molar refractivity (Wildman–Crippen MR) is 79.1 cm³/mol. The van der Waals surface area contributed by atoms with Gasteiger partial charge in [-0.1, -0.05) is 12.8 Å². The lowest BCUT2D eigenvalue weighted by Gasteiger charge is -2.31. The Hall–Kier alpha value is -1.92. The zero-order valence-electron chi connectivity index (χ0n) is 13.1. The maximum Gasteiger partial charge on any atom is 0.308 e. The minimum absolute atomic E-state index is 0.164. The number of carbonyl (C=O) groups is 4. The van der Waals surface area contributed by atoms with Crippen molar-refractivity contribution in [3.8, 4) is 0 Å². The van der Waals surface area contributed by atoms with Gasteiger partial charge in [0, 0.05) is 13.1 Å². The summed E-state index contributed by atoms with van der Waals surface area (Å²) in [4.78, 5) is 50.8. The van der Waals surface area contributed by atoms with Gasteiger partial charge in [0.2, 0.25) is 17.7 Å². The number of hydrogen-bond donors (Lipinski definition) is 1. The number of rotatable bonds is 3. The van der Waals surface area contributed by atoms with Crippen LogP contribution < -0.4 is 0 Å². The van der Waals surface area contributed by atoms with Gasteiger partial charge in [0.15, 0.2) is 0 Å². The average Bonchev–Trinajstić information content (AvgIpc) is 2.80. The van der Waals surface area contributed by atoms with Crippen LogP contribution in [0.3, 0.4) is 0 Å². The molecule has 3 fully saturated rings. The number of piperidine rings is 1. The monoisotopic (exact) mass is 322 g/mol. The Morgan fingerprint density at radius 3 is 2.17 bits per heavy atom. The molecule has 7 nitrogen and oxygen atoms in total. The fraction of sp³-hybridized carbons (Fsp3) is 0.750. The van der Waals surface area contributed by atoms with Gasteiger partial charge < -0.3 is 10.0 Å². The molecule has 2 heterocycles. The third kappa shape index (κ3) is 2.96. The number of aliphatic carboxylic acids is 1. The number of nitrogens with zero attached hydrogens (tertiary/aromatic N) is 2. The highest BCUT2D eigenvalue weighted by Gasteiger charge is 2.48. The number of amides is 3. The summed E-state index contributed by atoms with van der Waals surface area (Å²) in [5.74, 6) is -2.73. The van der Waals surface area contributed by atoms with Gasteiger partial charge >= 0.3 is 5.97 Å². The molecule has 2 saturated heterocycles. The molecule has 126 valence electrons. The molecule has 2 aliphatic heterocycles. The summed E-state index contributed by atoms with van der Waals surface area (Å²) in [6, 6.07) is 0. The number of likely N-dealkylation sites (tertiary alicyclic amines) is 2. The Morgan fingerprint density at radius 1 is 1.00 bits per heavy atom. The lowest BCUT2D eigenvalue weighted by Crippen LogP contribution is -2.47. The van der Waals surface area contributed by atoms with Gasteiger partial charge in [0.25, 0.3) is 0 Å². The normalized spacial score (nSPS) is 31.2. The van der Waals surface area contributed by atoms with E-state index in [0.717, 1.165) is 30.6 Å². The summed E-state index contributed by atoms with van der Waals surface area (Å²) < 4.78 is 0. The van der Waals surface area contributed by atoms with E-state index < -0.39 is 11.9 Å². The molecule has 3 unspecified atom stereocenters. The van der Waals surface area contributed by atoms with Crippen LogP contribution in [0.1, 0.15) is 38.5 Å². The third-order valence-corrected chi connectivity index (χ3v) is 5.35. The molecule has 7 heteroatoms. The summed E-state index contributed by atoms with van der Waals surface area (Å²) >= 11 is 0. The maximum atomic E-state index is 12.4. The van der Waals surface area contributed by atoms with E-state index in [2.05, 4.69) is 0 Å². The summed E-state index contributed by atoms with van der Waals surface area (Å²) in [5, 5.41) is 9.09. The van der Waals surface area contributed by atoms with Crippen LogP contribution in [0.15, 0.2) is 0 Å². The van der Waals surface area contributed by atoms with E-state index >= 15 is 0 Å². The van der Waals surface area contributed by atoms with Gasteiger partial charge in [-0.15, -0.1) is 0 Å². The van der Waals surface area contributed by atoms with Crippen molar-refractivity contribution in [1.82, 2.24) is 9.80 Å². The van der Waals surface area contributed by atoms with E-state index in [-0.39, 0.29) is 42.6 Å². The van der Waals surface area contributed by atoms with Crippen molar-refractivity contribution in [3.63, 3.8) is 0 Å². The van der Waals surface area contributed by atoms with Crippen LogP contribution in [0.5, 0.6) is 0 Å². The molecule has 0 radical (unpaired) electrons. The second-order valence-corrected chi connectivity index (χ2v) is 6.78. The van der Waals surface area contributed by atoms with E-state index in [9.17, 15) is 19.2 Å².